The van der Waals surface area contributed by atoms with E-state index in [0.29, 0.717) is 0 Å². The minimum atomic E-state index is 0.763. The molecule has 1 aromatic rings. The Labute approximate surface area is 78.1 Å². The topological polar surface area (TPSA) is 38.0 Å². The van der Waals surface area contributed by atoms with E-state index in [1.54, 1.807) is 0 Å². The summed E-state index contributed by atoms with van der Waals surface area (Å²) in [5, 5.41) is 3.54. The van der Waals surface area contributed by atoms with Crippen molar-refractivity contribution in [3.8, 4) is 0 Å². The molecule has 0 saturated heterocycles. The maximum atomic E-state index is 5.76. The summed E-state index contributed by atoms with van der Waals surface area (Å²) in [4.78, 5) is 0. The van der Waals surface area contributed by atoms with Crippen LogP contribution in [-0.2, 0) is 6.54 Å². The smallest absolute Gasteiger partial charge is 0.0317 e. The first kappa shape index (κ1) is 7.39. The van der Waals surface area contributed by atoms with Crippen molar-refractivity contribution in [2.45, 2.75) is 31.3 Å². The summed E-state index contributed by atoms with van der Waals surface area (Å²) in [6.45, 7) is 1.00. The molecule has 3 N–H and O–H groups in total. The van der Waals surface area contributed by atoms with Crippen LogP contribution in [0, 0.1) is 0 Å². The van der Waals surface area contributed by atoms with Gasteiger partial charge in [0, 0.05) is 18.3 Å². The fourth-order valence-corrected chi connectivity index (χ4v) is 2.47. The van der Waals surface area contributed by atoms with Gasteiger partial charge in [-0.05, 0) is 42.0 Å². The first-order chi connectivity index (χ1) is 6.33. The zero-order valence-electron chi connectivity index (χ0n) is 7.59. The molecule has 2 nitrogen and oxygen atoms in total. The maximum absolute atomic E-state index is 5.76. The zero-order valence-corrected chi connectivity index (χ0v) is 7.59. The van der Waals surface area contributed by atoms with Crippen molar-refractivity contribution >= 4 is 5.69 Å². The molecule has 2 aliphatic heterocycles. The molecule has 1 aromatic carbocycles. The van der Waals surface area contributed by atoms with Crippen LogP contribution in [0.25, 0.3) is 0 Å². The molecule has 3 aliphatic rings. The Morgan fingerprint density at radius 3 is 3.00 bits per heavy atom. The lowest BCUT2D eigenvalue weighted by molar-refractivity contribution is 0.306. The highest BCUT2D eigenvalue weighted by atomic mass is 14.9. The van der Waals surface area contributed by atoms with E-state index in [0.717, 1.165) is 24.2 Å². The summed E-state index contributed by atoms with van der Waals surface area (Å²) >= 11 is 0. The molecular weight excluding hydrogens is 160 g/mol. The Kier molecular flexibility index (Phi) is 1.41. The molecule has 0 spiro atoms. The quantitative estimate of drug-likeness (QED) is 0.586. The largest absolute Gasteiger partial charge is 0.399 e. The first-order valence-electron chi connectivity index (χ1n) is 4.94. The number of rotatable bonds is 0. The molecule has 1 aliphatic carbocycles. The lowest BCUT2D eigenvalue weighted by atomic mass is 9.76. The normalized spacial score (nSPS) is 30.2. The fraction of sp³-hybridized carbons (Fsp3) is 0.455. The Balaban J connectivity index is 2.08. The van der Waals surface area contributed by atoms with Crippen LogP contribution in [0.15, 0.2) is 18.2 Å². The lowest BCUT2D eigenvalue weighted by Gasteiger charge is -2.33. The number of benzene rings is 1. The van der Waals surface area contributed by atoms with Crippen LogP contribution < -0.4 is 11.1 Å². The first-order valence-corrected chi connectivity index (χ1v) is 4.94. The van der Waals surface area contributed by atoms with Gasteiger partial charge >= 0.3 is 0 Å². The van der Waals surface area contributed by atoms with E-state index in [1.165, 1.54) is 24.0 Å². The minimum absolute atomic E-state index is 0.763. The molecule has 13 heavy (non-hydrogen) atoms. The van der Waals surface area contributed by atoms with Crippen molar-refractivity contribution in [1.29, 1.82) is 0 Å². The Morgan fingerprint density at radius 2 is 2.15 bits per heavy atom. The number of hydrogen-bond acceptors (Lipinski definition) is 2. The van der Waals surface area contributed by atoms with Gasteiger partial charge in [0.25, 0.3) is 0 Å². The van der Waals surface area contributed by atoms with Gasteiger partial charge in [-0.2, -0.15) is 0 Å². The van der Waals surface area contributed by atoms with Crippen molar-refractivity contribution < 1.29 is 0 Å². The maximum Gasteiger partial charge on any atom is 0.0317 e. The molecular formula is C11H14N2. The van der Waals surface area contributed by atoms with Gasteiger partial charge in [-0.1, -0.05) is 6.07 Å². The summed E-state index contributed by atoms with van der Waals surface area (Å²) < 4.78 is 0. The Bertz CT molecular complexity index is 340. The number of nitrogen functional groups attached to an aromatic ring is 1. The van der Waals surface area contributed by atoms with E-state index in [4.69, 9.17) is 5.73 Å². The summed E-state index contributed by atoms with van der Waals surface area (Å²) in [5.41, 5.74) is 9.58. The number of fused-ring (bicyclic) bond motifs is 1. The molecule has 1 saturated carbocycles. The van der Waals surface area contributed by atoms with Crippen LogP contribution in [0.1, 0.15) is 29.9 Å². The molecule has 2 bridgehead atoms. The molecule has 1 fully saturated rings. The average Bonchev–Trinajstić information content (AvgIpc) is 2.29. The van der Waals surface area contributed by atoms with E-state index < -0.39 is 0 Å². The van der Waals surface area contributed by atoms with Crippen LogP contribution in [0.5, 0.6) is 0 Å². The van der Waals surface area contributed by atoms with Crippen molar-refractivity contribution in [1.82, 2.24) is 5.32 Å². The number of hydrogen-bond donors (Lipinski definition) is 2. The summed E-state index contributed by atoms with van der Waals surface area (Å²) in [5.74, 6) is 0.801. The van der Waals surface area contributed by atoms with Gasteiger partial charge in [0.1, 0.15) is 0 Å². The highest BCUT2D eigenvalue weighted by molar-refractivity contribution is 5.47. The van der Waals surface area contributed by atoms with E-state index >= 15 is 0 Å². The van der Waals surface area contributed by atoms with Crippen LogP contribution in [0.4, 0.5) is 5.69 Å². The van der Waals surface area contributed by atoms with Crippen molar-refractivity contribution in [3.05, 3.63) is 29.3 Å². The average molecular weight is 174 g/mol. The molecule has 0 radical (unpaired) electrons. The monoisotopic (exact) mass is 174 g/mol. The van der Waals surface area contributed by atoms with E-state index in [1.807, 2.05) is 6.07 Å². The molecule has 68 valence electrons. The SMILES string of the molecule is Nc1ccc2c(c1)CNC1CC2C1. The third kappa shape index (κ3) is 1.05. The molecule has 0 amide bonds. The summed E-state index contributed by atoms with van der Waals surface area (Å²) in [6.07, 6.45) is 2.63. The highest BCUT2D eigenvalue weighted by Crippen LogP contribution is 2.41. The predicted octanol–water partition coefficient (Wildman–Crippen LogP) is 1.62. The highest BCUT2D eigenvalue weighted by Gasteiger charge is 2.33. The van der Waals surface area contributed by atoms with E-state index in [-0.39, 0.29) is 0 Å². The van der Waals surface area contributed by atoms with E-state index in [2.05, 4.69) is 17.4 Å². The molecule has 2 heterocycles. The third-order valence-corrected chi connectivity index (χ3v) is 3.33. The second-order valence-electron chi connectivity index (χ2n) is 4.20. The Hall–Kier alpha value is -1.02. The van der Waals surface area contributed by atoms with Gasteiger partial charge in [0.2, 0.25) is 0 Å². The van der Waals surface area contributed by atoms with Gasteiger partial charge in [-0.25, -0.2) is 0 Å². The van der Waals surface area contributed by atoms with Crippen molar-refractivity contribution in [2.75, 3.05) is 5.73 Å². The zero-order chi connectivity index (χ0) is 8.84. The third-order valence-electron chi connectivity index (χ3n) is 3.33. The van der Waals surface area contributed by atoms with Crippen molar-refractivity contribution in [3.63, 3.8) is 0 Å². The predicted molar refractivity (Wildman–Crippen MR) is 53.5 cm³/mol. The van der Waals surface area contributed by atoms with Crippen LogP contribution in [0.3, 0.4) is 0 Å². The van der Waals surface area contributed by atoms with Crippen molar-refractivity contribution in [2.24, 2.45) is 0 Å². The molecule has 0 aromatic heterocycles. The molecule has 0 atom stereocenters. The minimum Gasteiger partial charge on any atom is -0.399 e. The standard InChI is InChI=1S/C11H14N2/c12-9-1-2-11-7-4-10(5-7)13-6-8(11)3-9/h1-3,7,10,13H,4-6,12H2. The second kappa shape index (κ2) is 2.48. The fourth-order valence-electron chi connectivity index (χ4n) is 2.47. The number of nitrogens with one attached hydrogen (secondary N) is 1. The van der Waals surface area contributed by atoms with Gasteiger partial charge in [0.05, 0.1) is 0 Å². The van der Waals surface area contributed by atoms with Crippen LogP contribution in [-0.4, -0.2) is 6.04 Å². The van der Waals surface area contributed by atoms with Crippen LogP contribution in [0.2, 0.25) is 0 Å². The van der Waals surface area contributed by atoms with Gasteiger partial charge < -0.3 is 11.1 Å². The Morgan fingerprint density at radius 1 is 1.31 bits per heavy atom. The number of anilines is 1. The summed E-state index contributed by atoms with van der Waals surface area (Å²) in [7, 11) is 0. The second-order valence-corrected chi connectivity index (χ2v) is 4.20. The lowest BCUT2D eigenvalue weighted by Crippen LogP contribution is -2.36. The molecule has 2 heteroatoms. The van der Waals surface area contributed by atoms with Gasteiger partial charge in [-0.3, -0.25) is 0 Å². The molecule has 4 rings (SSSR count). The van der Waals surface area contributed by atoms with Crippen LogP contribution >= 0.6 is 0 Å². The number of nitrogens with two attached hydrogens (primary N) is 1. The molecule has 0 unspecified atom stereocenters. The summed E-state index contributed by atoms with van der Waals surface area (Å²) in [6, 6.07) is 7.11. The van der Waals surface area contributed by atoms with Gasteiger partial charge in [-0.15, -0.1) is 0 Å². The van der Waals surface area contributed by atoms with E-state index in [9.17, 15) is 0 Å². The van der Waals surface area contributed by atoms with Gasteiger partial charge in [0.15, 0.2) is 0 Å².